The van der Waals surface area contributed by atoms with E-state index in [2.05, 4.69) is 10.6 Å². The maximum absolute atomic E-state index is 11.7. The van der Waals surface area contributed by atoms with E-state index in [-0.39, 0.29) is 19.1 Å². The first-order chi connectivity index (χ1) is 7.70. The molecule has 2 rings (SSSR count). The molecule has 0 aromatic carbocycles. The molecule has 0 aromatic heterocycles. The molecule has 2 atom stereocenters. The molecule has 0 aromatic rings. The Kier molecular flexibility index (Phi) is 3.75. The third kappa shape index (κ3) is 2.91. The van der Waals surface area contributed by atoms with Crippen LogP contribution in [-0.4, -0.2) is 62.2 Å². The average molecular weight is 230 g/mol. The number of ether oxygens (including phenoxy) is 2. The second kappa shape index (κ2) is 5.09. The summed E-state index contributed by atoms with van der Waals surface area (Å²) in [4.78, 5) is 11.7. The molecule has 16 heavy (non-hydrogen) atoms. The van der Waals surface area contributed by atoms with Gasteiger partial charge in [-0.2, -0.15) is 0 Å². The maximum Gasteiger partial charge on any atom is 0.250 e. The Morgan fingerprint density at radius 2 is 2.44 bits per heavy atom. The minimum atomic E-state index is -0.905. The van der Waals surface area contributed by atoms with Gasteiger partial charge >= 0.3 is 0 Å². The van der Waals surface area contributed by atoms with E-state index >= 15 is 0 Å². The van der Waals surface area contributed by atoms with Gasteiger partial charge < -0.3 is 25.2 Å². The molecule has 0 bridgehead atoms. The highest BCUT2D eigenvalue weighted by Crippen LogP contribution is 2.16. The molecule has 92 valence electrons. The van der Waals surface area contributed by atoms with Gasteiger partial charge in [0, 0.05) is 32.7 Å². The van der Waals surface area contributed by atoms with Crippen LogP contribution in [0.1, 0.15) is 6.42 Å². The number of aliphatic hydroxyl groups is 1. The molecule has 2 aliphatic heterocycles. The minimum Gasteiger partial charge on any atom is -0.386 e. The van der Waals surface area contributed by atoms with Crippen molar-refractivity contribution in [3.63, 3.8) is 0 Å². The van der Waals surface area contributed by atoms with Crippen LogP contribution >= 0.6 is 0 Å². The fraction of sp³-hybridized carbons (Fsp3) is 0.900. The highest BCUT2D eigenvalue weighted by Gasteiger charge is 2.33. The smallest absolute Gasteiger partial charge is 0.250 e. The van der Waals surface area contributed by atoms with Gasteiger partial charge in [0.25, 0.3) is 5.91 Å². The van der Waals surface area contributed by atoms with Crippen LogP contribution in [0.15, 0.2) is 0 Å². The highest BCUT2D eigenvalue weighted by atomic mass is 16.5. The zero-order valence-corrected chi connectivity index (χ0v) is 9.20. The standard InChI is InChI=1S/C10H18N2O4/c13-9(8-5-11-2-4-16-8)12-6-10(14)1-3-15-7-10/h8,11,14H,1-7H2,(H,12,13). The summed E-state index contributed by atoms with van der Waals surface area (Å²) in [5, 5.41) is 15.7. The third-order valence-electron chi connectivity index (χ3n) is 2.89. The van der Waals surface area contributed by atoms with Gasteiger partial charge in [0.15, 0.2) is 0 Å². The van der Waals surface area contributed by atoms with Crippen LogP contribution in [0.5, 0.6) is 0 Å². The van der Waals surface area contributed by atoms with Gasteiger partial charge in [-0.25, -0.2) is 0 Å². The van der Waals surface area contributed by atoms with E-state index in [0.29, 0.717) is 26.2 Å². The second-order valence-corrected chi connectivity index (χ2v) is 4.31. The van der Waals surface area contributed by atoms with Gasteiger partial charge in [-0.15, -0.1) is 0 Å². The van der Waals surface area contributed by atoms with E-state index in [1.54, 1.807) is 0 Å². The minimum absolute atomic E-state index is 0.174. The normalized spacial score (nSPS) is 34.9. The van der Waals surface area contributed by atoms with Crippen LogP contribution in [0.25, 0.3) is 0 Å². The lowest BCUT2D eigenvalue weighted by Crippen LogP contribution is -2.51. The molecule has 6 nitrogen and oxygen atoms in total. The largest absolute Gasteiger partial charge is 0.386 e. The first-order valence-corrected chi connectivity index (χ1v) is 5.60. The quantitative estimate of drug-likeness (QED) is 0.535. The number of rotatable bonds is 3. The number of carbonyl (C=O) groups excluding carboxylic acids is 1. The van der Waals surface area contributed by atoms with Gasteiger partial charge in [0.2, 0.25) is 0 Å². The number of carbonyl (C=O) groups is 1. The van der Waals surface area contributed by atoms with Gasteiger partial charge in [0.05, 0.1) is 13.2 Å². The van der Waals surface area contributed by atoms with Crippen molar-refractivity contribution in [2.75, 3.05) is 39.5 Å². The number of morpholine rings is 1. The second-order valence-electron chi connectivity index (χ2n) is 4.31. The molecule has 0 radical (unpaired) electrons. The molecule has 1 amide bonds. The molecule has 0 spiro atoms. The molecule has 2 saturated heterocycles. The zero-order valence-electron chi connectivity index (χ0n) is 9.20. The van der Waals surface area contributed by atoms with Crippen LogP contribution in [0.2, 0.25) is 0 Å². The molecular weight excluding hydrogens is 212 g/mol. The molecule has 2 unspecified atom stereocenters. The summed E-state index contributed by atoms with van der Waals surface area (Å²) < 4.78 is 10.4. The van der Waals surface area contributed by atoms with Crippen molar-refractivity contribution in [1.82, 2.24) is 10.6 Å². The molecule has 2 aliphatic rings. The predicted octanol–water partition coefficient (Wildman–Crippen LogP) is -1.76. The monoisotopic (exact) mass is 230 g/mol. The topological polar surface area (TPSA) is 79.8 Å². The van der Waals surface area contributed by atoms with Crippen molar-refractivity contribution < 1.29 is 19.4 Å². The molecule has 0 aliphatic carbocycles. The van der Waals surface area contributed by atoms with Gasteiger partial charge in [-0.3, -0.25) is 4.79 Å². The van der Waals surface area contributed by atoms with E-state index in [4.69, 9.17) is 9.47 Å². The van der Waals surface area contributed by atoms with Crippen molar-refractivity contribution in [3.8, 4) is 0 Å². The van der Waals surface area contributed by atoms with Crippen molar-refractivity contribution in [1.29, 1.82) is 0 Å². The highest BCUT2D eigenvalue weighted by molar-refractivity contribution is 5.81. The van der Waals surface area contributed by atoms with E-state index < -0.39 is 11.7 Å². The fourth-order valence-corrected chi connectivity index (χ4v) is 1.84. The van der Waals surface area contributed by atoms with E-state index in [0.717, 1.165) is 6.54 Å². The lowest BCUT2D eigenvalue weighted by atomic mass is 10.0. The first kappa shape index (κ1) is 11.8. The van der Waals surface area contributed by atoms with Gasteiger partial charge in [-0.1, -0.05) is 0 Å². The van der Waals surface area contributed by atoms with E-state index in [9.17, 15) is 9.90 Å². The summed E-state index contributed by atoms with van der Waals surface area (Å²) in [6.07, 6.45) is 0.122. The van der Waals surface area contributed by atoms with Crippen LogP contribution in [0.4, 0.5) is 0 Å². The van der Waals surface area contributed by atoms with Crippen LogP contribution < -0.4 is 10.6 Å². The summed E-state index contributed by atoms with van der Waals surface area (Å²) in [6, 6.07) is 0. The van der Waals surface area contributed by atoms with Gasteiger partial charge in [-0.05, 0) is 0 Å². The maximum atomic E-state index is 11.7. The molecular formula is C10H18N2O4. The third-order valence-corrected chi connectivity index (χ3v) is 2.89. The molecule has 6 heteroatoms. The fourth-order valence-electron chi connectivity index (χ4n) is 1.84. The number of hydrogen-bond donors (Lipinski definition) is 3. The van der Waals surface area contributed by atoms with Gasteiger partial charge in [0.1, 0.15) is 11.7 Å². The lowest BCUT2D eigenvalue weighted by Gasteiger charge is -2.25. The van der Waals surface area contributed by atoms with Crippen molar-refractivity contribution >= 4 is 5.91 Å². The number of hydrogen-bond acceptors (Lipinski definition) is 5. The van der Waals surface area contributed by atoms with Crippen LogP contribution in [0, 0.1) is 0 Å². The van der Waals surface area contributed by atoms with Crippen LogP contribution in [-0.2, 0) is 14.3 Å². The summed E-state index contributed by atoms with van der Waals surface area (Å²) in [5.41, 5.74) is -0.905. The SMILES string of the molecule is O=C(NCC1(O)CCOC1)C1CNCCO1. The van der Waals surface area contributed by atoms with E-state index in [1.807, 2.05) is 0 Å². The molecule has 2 fully saturated rings. The molecule has 2 heterocycles. The van der Waals surface area contributed by atoms with Crippen molar-refractivity contribution in [2.24, 2.45) is 0 Å². The number of amides is 1. The first-order valence-electron chi connectivity index (χ1n) is 5.60. The summed E-state index contributed by atoms with van der Waals surface area (Å²) in [5.74, 6) is -0.174. The lowest BCUT2D eigenvalue weighted by molar-refractivity contribution is -0.135. The zero-order chi connectivity index (χ0) is 11.4. The van der Waals surface area contributed by atoms with Crippen molar-refractivity contribution in [3.05, 3.63) is 0 Å². The summed E-state index contributed by atoms with van der Waals surface area (Å²) >= 11 is 0. The summed E-state index contributed by atoms with van der Waals surface area (Å²) in [7, 11) is 0. The predicted molar refractivity (Wildman–Crippen MR) is 56.0 cm³/mol. The van der Waals surface area contributed by atoms with Crippen LogP contribution in [0.3, 0.4) is 0 Å². The Hall–Kier alpha value is -0.690. The Morgan fingerprint density at radius 3 is 3.06 bits per heavy atom. The van der Waals surface area contributed by atoms with Crippen molar-refractivity contribution in [2.45, 2.75) is 18.1 Å². The Balaban J connectivity index is 1.74. The summed E-state index contributed by atoms with van der Waals surface area (Å²) in [6.45, 7) is 2.92. The average Bonchev–Trinajstić information content (AvgIpc) is 2.75. The molecule has 3 N–H and O–H groups in total. The Morgan fingerprint density at radius 1 is 1.56 bits per heavy atom. The van der Waals surface area contributed by atoms with E-state index in [1.165, 1.54) is 0 Å². The molecule has 0 saturated carbocycles. The number of nitrogens with one attached hydrogen (secondary N) is 2. The Labute approximate surface area is 94.3 Å². The Bertz CT molecular complexity index is 247.